The predicted octanol–water partition coefficient (Wildman–Crippen LogP) is 1.61. The summed E-state index contributed by atoms with van der Waals surface area (Å²) in [5.41, 5.74) is -0.0260. The largest absolute Gasteiger partial charge is 0.383 e. The number of hydrogen-bond acceptors (Lipinski definition) is 4. The molecule has 1 atom stereocenters. The lowest BCUT2D eigenvalue weighted by atomic mass is 9.82. The van der Waals surface area contributed by atoms with Crippen LogP contribution in [0, 0.1) is 5.41 Å². The number of rotatable bonds is 9. The fourth-order valence-corrected chi connectivity index (χ4v) is 4.90. The van der Waals surface area contributed by atoms with Gasteiger partial charge in [-0.1, -0.05) is 26.2 Å². The zero-order chi connectivity index (χ0) is 13.5. The Balaban J connectivity index is 2.47. The van der Waals surface area contributed by atoms with Gasteiger partial charge in [-0.2, -0.15) is 0 Å². The first-order valence-electron chi connectivity index (χ1n) is 6.94. The first-order chi connectivity index (χ1) is 8.54. The summed E-state index contributed by atoms with van der Waals surface area (Å²) in [6.45, 7) is 4.46. The number of ether oxygens (including phenoxy) is 1. The lowest BCUT2D eigenvalue weighted by Crippen LogP contribution is -2.37. The summed E-state index contributed by atoms with van der Waals surface area (Å²) >= 11 is 0. The molecule has 1 rings (SSSR count). The molecule has 0 aromatic heterocycles. The second kappa shape index (κ2) is 7.46. The van der Waals surface area contributed by atoms with Crippen LogP contribution >= 0.6 is 0 Å². The van der Waals surface area contributed by atoms with E-state index in [4.69, 9.17) is 4.74 Å². The Labute approximate surface area is 111 Å². The lowest BCUT2D eigenvalue weighted by Gasteiger charge is -2.28. The lowest BCUT2D eigenvalue weighted by molar-refractivity contribution is 0.190. The van der Waals surface area contributed by atoms with Crippen LogP contribution < -0.4 is 5.32 Å². The van der Waals surface area contributed by atoms with Crippen molar-refractivity contribution in [2.45, 2.75) is 39.0 Å². The molecule has 1 saturated heterocycles. The zero-order valence-corrected chi connectivity index (χ0v) is 12.5. The van der Waals surface area contributed by atoms with E-state index in [2.05, 4.69) is 12.2 Å². The Morgan fingerprint density at radius 1 is 1.33 bits per heavy atom. The highest BCUT2D eigenvalue weighted by atomic mass is 32.2. The van der Waals surface area contributed by atoms with Crippen molar-refractivity contribution in [3.63, 3.8) is 0 Å². The third kappa shape index (κ3) is 5.24. The van der Waals surface area contributed by atoms with Crippen LogP contribution in [0.15, 0.2) is 0 Å². The Morgan fingerprint density at radius 3 is 2.67 bits per heavy atom. The molecule has 1 unspecified atom stereocenters. The van der Waals surface area contributed by atoms with E-state index < -0.39 is 9.84 Å². The van der Waals surface area contributed by atoms with Gasteiger partial charge in [0.15, 0.2) is 9.84 Å². The molecule has 1 fully saturated rings. The number of hydrogen-bond donors (Lipinski definition) is 1. The predicted molar refractivity (Wildman–Crippen MR) is 74.6 cm³/mol. The van der Waals surface area contributed by atoms with Crippen LogP contribution in [0.3, 0.4) is 0 Å². The van der Waals surface area contributed by atoms with E-state index in [0.29, 0.717) is 18.1 Å². The van der Waals surface area contributed by atoms with E-state index in [1.165, 1.54) is 12.8 Å². The molecule has 4 nitrogen and oxygen atoms in total. The van der Waals surface area contributed by atoms with E-state index in [1.807, 2.05) is 0 Å². The molecular weight excluding hydrogens is 250 g/mol. The van der Waals surface area contributed by atoms with Crippen molar-refractivity contribution in [3.05, 3.63) is 0 Å². The number of nitrogens with one attached hydrogen (secondary N) is 1. The topological polar surface area (TPSA) is 55.4 Å². The molecule has 1 aliphatic heterocycles. The van der Waals surface area contributed by atoms with Gasteiger partial charge in [0.1, 0.15) is 0 Å². The fourth-order valence-electron chi connectivity index (χ4n) is 2.69. The molecule has 0 aromatic rings. The molecule has 0 saturated carbocycles. The molecule has 0 radical (unpaired) electrons. The highest BCUT2D eigenvalue weighted by Crippen LogP contribution is 2.36. The first kappa shape index (κ1) is 15.9. The molecule has 18 heavy (non-hydrogen) atoms. The number of sulfone groups is 1. The van der Waals surface area contributed by atoms with Gasteiger partial charge in [-0.3, -0.25) is 0 Å². The minimum absolute atomic E-state index is 0.0260. The third-order valence-electron chi connectivity index (χ3n) is 3.76. The number of methoxy groups -OCH3 is 1. The van der Waals surface area contributed by atoms with Crippen molar-refractivity contribution < 1.29 is 13.2 Å². The molecule has 0 amide bonds. The standard InChI is InChI=1S/C13H27NO3S/c1-3-4-5-6-13(11-14-8-9-17-2)7-10-18(15,16)12-13/h14H,3-12H2,1-2H3. The van der Waals surface area contributed by atoms with Crippen LogP contribution in [0.25, 0.3) is 0 Å². The van der Waals surface area contributed by atoms with Gasteiger partial charge >= 0.3 is 0 Å². The second-order valence-electron chi connectivity index (χ2n) is 5.47. The Morgan fingerprint density at radius 2 is 2.11 bits per heavy atom. The Bertz CT molecular complexity index is 329. The number of unbranched alkanes of at least 4 members (excludes halogenated alkanes) is 2. The smallest absolute Gasteiger partial charge is 0.150 e. The zero-order valence-electron chi connectivity index (χ0n) is 11.7. The summed E-state index contributed by atoms with van der Waals surface area (Å²) in [4.78, 5) is 0. The Kier molecular flexibility index (Phi) is 6.60. The van der Waals surface area contributed by atoms with Crippen LogP contribution in [0.4, 0.5) is 0 Å². The van der Waals surface area contributed by atoms with Crippen molar-refractivity contribution in [2.75, 3.05) is 38.3 Å². The van der Waals surface area contributed by atoms with Crippen molar-refractivity contribution in [1.82, 2.24) is 5.32 Å². The van der Waals surface area contributed by atoms with Crippen LogP contribution in [0.1, 0.15) is 39.0 Å². The van der Waals surface area contributed by atoms with E-state index >= 15 is 0 Å². The summed E-state index contributed by atoms with van der Waals surface area (Å²) in [6, 6.07) is 0. The molecule has 0 spiro atoms. The summed E-state index contributed by atoms with van der Waals surface area (Å²) in [6.07, 6.45) is 5.36. The normalized spacial score (nSPS) is 26.6. The van der Waals surface area contributed by atoms with Gasteiger partial charge in [0.05, 0.1) is 18.1 Å². The SMILES string of the molecule is CCCCCC1(CNCCOC)CCS(=O)(=O)C1. The average molecular weight is 277 g/mol. The maximum atomic E-state index is 11.7. The summed E-state index contributed by atoms with van der Waals surface area (Å²) < 4.78 is 28.4. The average Bonchev–Trinajstić information content (AvgIpc) is 2.62. The van der Waals surface area contributed by atoms with Gasteiger partial charge in [-0.05, 0) is 18.3 Å². The van der Waals surface area contributed by atoms with E-state index in [1.54, 1.807) is 7.11 Å². The molecule has 108 valence electrons. The molecule has 0 bridgehead atoms. The monoisotopic (exact) mass is 277 g/mol. The molecule has 1 heterocycles. The van der Waals surface area contributed by atoms with Crippen molar-refractivity contribution in [2.24, 2.45) is 5.41 Å². The van der Waals surface area contributed by atoms with Gasteiger partial charge in [-0.15, -0.1) is 0 Å². The molecule has 0 aliphatic carbocycles. The second-order valence-corrected chi connectivity index (χ2v) is 7.65. The highest BCUT2D eigenvalue weighted by molar-refractivity contribution is 7.91. The van der Waals surface area contributed by atoms with Gasteiger partial charge in [0.2, 0.25) is 0 Å². The molecule has 1 aliphatic rings. The fraction of sp³-hybridized carbons (Fsp3) is 1.00. The van der Waals surface area contributed by atoms with Crippen LogP contribution in [0.5, 0.6) is 0 Å². The van der Waals surface area contributed by atoms with Gasteiger partial charge in [-0.25, -0.2) is 8.42 Å². The van der Waals surface area contributed by atoms with Crippen LogP contribution in [0.2, 0.25) is 0 Å². The van der Waals surface area contributed by atoms with Gasteiger partial charge in [0, 0.05) is 20.2 Å². The van der Waals surface area contributed by atoms with E-state index in [-0.39, 0.29) is 5.41 Å². The quantitative estimate of drug-likeness (QED) is 0.651. The maximum Gasteiger partial charge on any atom is 0.150 e. The molecule has 1 N–H and O–H groups in total. The van der Waals surface area contributed by atoms with E-state index in [9.17, 15) is 8.42 Å². The summed E-state index contributed by atoms with van der Waals surface area (Å²) in [5.74, 6) is 0.731. The van der Waals surface area contributed by atoms with Gasteiger partial charge in [0.25, 0.3) is 0 Å². The van der Waals surface area contributed by atoms with Gasteiger partial charge < -0.3 is 10.1 Å². The maximum absolute atomic E-state index is 11.7. The first-order valence-corrected chi connectivity index (χ1v) is 8.76. The van der Waals surface area contributed by atoms with Crippen LogP contribution in [-0.2, 0) is 14.6 Å². The van der Waals surface area contributed by atoms with Crippen molar-refractivity contribution in [3.8, 4) is 0 Å². The van der Waals surface area contributed by atoms with Crippen molar-refractivity contribution >= 4 is 9.84 Å². The minimum atomic E-state index is -2.80. The summed E-state index contributed by atoms with van der Waals surface area (Å²) in [5, 5.41) is 3.34. The molecular formula is C13H27NO3S. The van der Waals surface area contributed by atoms with Crippen LogP contribution in [-0.4, -0.2) is 46.7 Å². The van der Waals surface area contributed by atoms with Crippen molar-refractivity contribution in [1.29, 1.82) is 0 Å². The van der Waals surface area contributed by atoms with E-state index in [0.717, 1.165) is 32.4 Å². The molecule has 0 aromatic carbocycles. The Hall–Kier alpha value is -0.130. The minimum Gasteiger partial charge on any atom is -0.383 e. The summed E-state index contributed by atoms with van der Waals surface area (Å²) in [7, 11) is -1.13. The highest BCUT2D eigenvalue weighted by Gasteiger charge is 2.41. The molecule has 5 heteroatoms. The third-order valence-corrected chi connectivity index (χ3v) is 5.64.